The van der Waals surface area contributed by atoms with Crippen molar-refractivity contribution < 1.29 is 19.2 Å². The van der Waals surface area contributed by atoms with Gasteiger partial charge in [-0.25, -0.2) is 5.48 Å². The molecular weight excluding hydrogens is 318 g/mol. The van der Waals surface area contributed by atoms with Gasteiger partial charge < -0.3 is 11.1 Å². The summed E-state index contributed by atoms with van der Waals surface area (Å²) in [6.45, 7) is -0.706. The highest BCUT2D eigenvalue weighted by Crippen LogP contribution is 2.15. The van der Waals surface area contributed by atoms with E-state index in [1.807, 2.05) is 5.48 Å². The highest BCUT2D eigenvalue weighted by atomic mass is 79.9. The molecule has 0 spiro atoms. The van der Waals surface area contributed by atoms with Crippen LogP contribution in [0, 0.1) is 0 Å². The number of benzene rings is 1. The van der Waals surface area contributed by atoms with Crippen molar-refractivity contribution in [3.63, 3.8) is 0 Å². The number of primary amides is 1. The predicted octanol–water partition coefficient (Wildman–Crippen LogP) is -0.288. The fourth-order valence-electron chi connectivity index (χ4n) is 1.12. The summed E-state index contributed by atoms with van der Waals surface area (Å²) in [6, 6.07) is 6.80. The Balaban J connectivity index is 2.36. The van der Waals surface area contributed by atoms with Crippen LogP contribution in [0.3, 0.4) is 0 Å². The Hall–Kier alpha value is -1.93. The van der Waals surface area contributed by atoms with E-state index in [9.17, 15) is 14.4 Å². The molecule has 3 amide bonds. The molecule has 7 nitrogen and oxygen atoms in total. The quantitative estimate of drug-likeness (QED) is 0.623. The summed E-state index contributed by atoms with van der Waals surface area (Å²) in [4.78, 5) is 37.8. The van der Waals surface area contributed by atoms with Gasteiger partial charge in [0.05, 0.1) is 12.1 Å². The van der Waals surface area contributed by atoms with Crippen LogP contribution in [0.25, 0.3) is 0 Å². The number of nitrogens with two attached hydrogens (primary N) is 1. The molecule has 19 heavy (non-hydrogen) atoms. The Morgan fingerprint density at radius 1 is 1.26 bits per heavy atom. The molecule has 0 bridgehead atoms. The van der Waals surface area contributed by atoms with Crippen molar-refractivity contribution in [3.05, 3.63) is 34.3 Å². The maximum atomic E-state index is 11.7. The summed E-state index contributed by atoms with van der Waals surface area (Å²) in [5.41, 5.74) is 7.18. The van der Waals surface area contributed by atoms with Gasteiger partial charge in [0.25, 0.3) is 11.8 Å². The van der Waals surface area contributed by atoms with E-state index in [-0.39, 0.29) is 6.54 Å². The molecule has 1 aromatic carbocycles. The van der Waals surface area contributed by atoms with Crippen LogP contribution in [-0.2, 0) is 14.4 Å². The third-order valence-electron chi connectivity index (χ3n) is 1.93. The molecule has 1 rings (SSSR count). The maximum absolute atomic E-state index is 11.7. The lowest BCUT2D eigenvalue weighted by Gasteiger charge is -2.07. The van der Waals surface area contributed by atoms with Crippen molar-refractivity contribution >= 4 is 33.7 Å². The monoisotopic (exact) mass is 329 g/mol. The first-order valence-electron chi connectivity index (χ1n) is 5.22. The molecule has 4 N–H and O–H groups in total. The fraction of sp³-hybridized carbons (Fsp3) is 0.182. The molecule has 1 aromatic rings. The van der Waals surface area contributed by atoms with Crippen molar-refractivity contribution in [1.82, 2.24) is 10.8 Å². The Bertz CT molecular complexity index is 493. The van der Waals surface area contributed by atoms with E-state index in [4.69, 9.17) is 5.73 Å². The molecule has 0 heterocycles. The van der Waals surface area contributed by atoms with Gasteiger partial charge in [0, 0.05) is 4.47 Å². The Labute approximate surface area is 117 Å². The molecule has 0 aliphatic heterocycles. The minimum atomic E-state index is -0.711. The summed E-state index contributed by atoms with van der Waals surface area (Å²) in [7, 11) is 0. The van der Waals surface area contributed by atoms with Gasteiger partial charge in [-0.2, -0.15) is 0 Å². The minimum Gasteiger partial charge on any atom is -0.368 e. The largest absolute Gasteiger partial charge is 0.368 e. The molecule has 0 aliphatic rings. The van der Waals surface area contributed by atoms with Gasteiger partial charge in [0.2, 0.25) is 5.91 Å². The smallest absolute Gasteiger partial charge is 0.262 e. The number of carbonyl (C=O) groups is 3. The molecule has 0 fully saturated rings. The van der Waals surface area contributed by atoms with Crippen molar-refractivity contribution in [2.24, 2.45) is 5.73 Å². The Morgan fingerprint density at radius 3 is 2.58 bits per heavy atom. The lowest BCUT2D eigenvalue weighted by atomic mass is 10.2. The van der Waals surface area contributed by atoms with Crippen LogP contribution < -0.4 is 16.5 Å². The van der Waals surface area contributed by atoms with Gasteiger partial charge in [0.15, 0.2) is 6.61 Å². The van der Waals surface area contributed by atoms with Gasteiger partial charge >= 0.3 is 0 Å². The zero-order chi connectivity index (χ0) is 14.3. The van der Waals surface area contributed by atoms with Crippen molar-refractivity contribution in [1.29, 1.82) is 0 Å². The number of rotatable bonds is 6. The molecule has 0 atom stereocenters. The minimum absolute atomic E-state index is 0.279. The highest BCUT2D eigenvalue weighted by Gasteiger charge is 2.10. The lowest BCUT2D eigenvalue weighted by Crippen LogP contribution is -2.38. The molecule has 0 aliphatic carbocycles. The molecular formula is C11H12BrN3O4. The van der Waals surface area contributed by atoms with Crippen LogP contribution in [0.15, 0.2) is 28.7 Å². The number of halogens is 1. The third kappa shape index (κ3) is 5.49. The average Bonchev–Trinajstić information content (AvgIpc) is 2.36. The first-order chi connectivity index (χ1) is 9.00. The molecule has 102 valence electrons. The molecule has 0 saturated heterocycles. The Morgan fingerprint density at radius 2 is 1.95 bits per heavy atom. The molecule has 0 saturated carbocycles. The first kappa shape index (κ1) is 15.1. The van der Waals surface area contributed by atoms with E-state index in [0.717, 1.165) is 0 Å². The van der Waals surface area contributed by atoms with E-state index in [1.54, 1.807) is 24.3 Å². The standard InChI is InChI=1S/C11H12BrN3O4/c12-8-4-2-1-3-7(8)11(18)14-5-10(17)15-19-6-9(13)16/h1-4H,5-6H2,(H2,13,16)(H,14,18)(H,15,17). The van der Waals surface area contributed by atoms with Crippen LogP contribution in [-0.4, -0.2) is 30.9 Å². The van der Waals surface area contributed by atoms with Crippen molar-refractivity contribution in [3.8, 4) is 0 Å². The molecule has 0 unspecified atom stereocenters. The van der Waals surface area contributed by atoms with Gasteiger partial charge in [-0.15, -0.1) is 0 Å². The second-order valence-electron chi connectivity index (χ2n) is 3.44. The summed E-state index contributed by atoms with van der Waals surface area (Å²) in [5.74, 6) is -1.71. The topological polar surface area (TPSA) is 111 Å². The first-order valence-corrected chi connectivity index (χ1v) is 6.01. The average molecular weight is 330 g/mol. The van der Waals surface area contributed by atoms with Crippen molar-refractivity contribution in [2.45, 2.75) is 0 Å². The summed E-state index contributed by atoms with van der Waals surface area (Å²) >= 11 is 3.22. The molecule has 0 radical (unpaired) electrons. The van der Waals surface area contributed by atoms with Crippen LogP contribution in [0.1, 0.15) is 10.4 Å². The van der Waals surface area contributed by atoms with Crippen LogP contribution in [0.5, 0.6) is 0 Å². The van der Waals surface area contributed by atoms with Gasteiger partial charge in [-0.05, 0) is 28.1 Å². The zero-order valence-corrected chi connectivity index (χ0v) is 11.4. The maximum Gasteiger partial charge on any atom is 0.262 e. The van der Waals surface area contributed by atoms with E-state index in [0.29, 0.717) is 10.0 Å². The van der Waals surface area contributed by atoms with Gasteiger partial charge in [0.1, 0.15) is 0 Å². The second-order valence-corrected chi connectivity index (χ2v) is 4.30. The van der Waals surface area contributed by atoms with Crippen molar-refractivity contribution in [2.75, 3.05) is 13.2 Å². The van der Waals surface area contributed by atoms with Gasteiger partial charge in [-0.3, -0.25) is 19.2 Å². The number of hydrogen-bond acceptors (Lipinski definition) is 4. The fourth-order valence-corrected chi connectivity index (χ4v) is 1.59. The van der Waals surface area contributed by atoms with E-state index in [2.05, 4.69) is 26.1 Å². The second kappa shape index (κ2) is 7.49. The number of carbonyl (C=O) groups excluding carboxylic acids is 3. The zero-order valence-electron chi connectivity index (χ0n) is 9.81. The summed E-state index contributed by atoms with van der Waals surface area (Å²) < 4.78 is 0.623. The third-order valence-corrected chi connectivity index (χ3v) is 2.62. The number of hydrogen-bond donors (Lipinski definition) is 3. The van der Waals surface area contributed by atoms with E-state index in [1.165, 1.54) is 0 Å². The molecule has 0 aromatic heterocycles. The SMILES string of the molecule is NC(=O)CONC(=O)CNC(=O)c1ccccc1Br. The number of amides is 3. The number of hydroxylamine groups is 1. The summed E-state index contributed by atoms with van der Waals surface area (Å²) in [5, 5.41) is 2.40. The van der Waals surface area contributed by atoms with Gasteiger partial charge in [-0.1, -0.05) is 12.1 Å². The van der Waals surface area contributed by atoms with Crippen LogP contribution >= 0.6 is 15.9 Å². The Kier molecular flexibility index (Phi) is 5.97. The predicted molar refractivity (Wildman–Crippen MR) is 69.8 cm³/mol. The number of nitrogens with one attached hydrogen (secondary N) is 2. The van der Waals surface area contributed by atoms with Crippen LogP contribution in [0.4, 0.5) is 0 Å². The normalized spacial score (nSPS) is 9.74. The lowest BCUT2D eigenvalue weighted by molar-refractivity contribution is -0.137. The molecule has 8 heteroatoms. The van der Waals surface area contributed by atoms with E-state index < -0.39 is 24.3 Å². The summed E-state index contributed by atoms with van der Waals surface area (Å²) in [6.07, 6.45) is 0. The van der Waals surface area contributed by atoms with Crippen LogP contribution in [0.2, 0.25) is 0 Å². The highest BCUT2D eigenvalue weighted by molar-refractivity contribution is 9.10. The van der Waals surface area contributed by atoms with E-state index >= 15 is 0 Å².